The molecule has 0 radical (unpaired) electrons. The summed E-state index contributed by atoms with van der Waals surface area (Å²) in [6.07, 6.45) is 0. The summed E-state index contributed by atoms with van der Waals surface area (Å²) in [7, 11) is -1.11. The number of hydrogen-bond acceptors (Lipinski definition) is 7. The van der Waals surface area contributed by atoms with E-state index < -0.39 is 15.9 Å². The van der Waals surface area contributed by atoms with Crippen LogP contribution < -0.4 is 20.3 Å². The van der Waals surface area contributed by atoms with E-state index in [0.717, 1.165) is 0 Å². The number of carbonyl (C=O) groups is 1. The van der Waals surface area contributed by atoms with Crippen molar-refractivity contribution >= 4 is 33.2 Å². The lowest BCUT2D eigenvalue weighted by atomic mass is 10.1. The molecule has 0 unspecified atom stereocenters. The van der Waals surface area contributed by atoms with E-state index in [2.05, 4.69) is 10.9 Å². The molecular formula is C19H22ClN3O6S. The molecule has 1 aliphatic rings. The fraction of sp³-hybridized carbons (Fsp3) is 0.316. The number of halogens is 1. The van der Waals surface area contributed by atoms with Gasteiger partial charge in [0.1, 0.15) is 0 Å². The van der Waals surface area contributed by atoms with Crippen molar-refractivity contribution in [3.63, 3.8) is 0 Å². The summed E-state index contributed by atoms with van der Waals surface area (Å²) in [5.74, 6) is -0.368. The maximum absolute atomic E-state index is 13.1. The summed E-state index contributed by atoms with van der Waals surface area (Å²) in [5.41, 5.74) is 5.81. The van der Waals surface area contributed by atoms with Crippen LogP contribution in [0.1, 0.15) is 10.4 Å². The summed E-state index contributed by atoms with van der Waals surface area (Å²) >= 11 is 5.94. The molecule has 2 N–H and O–H groups in total. The van der Waals surface area contributed by atoms with E-state index in [9.17, 15) is 13.2 Å². The van der Waals surface area contributed by atoms with Gasteiger partial charge in [0.15, 0.2) is 11.5 Å². The molecule has 0 bridgehead atoms. The maximum atomic E-state index is 13.1. The molecule has 1 amide bonds. The Morgan fingerprint density at radius 3 is 2.50 bits per heavy atom. The van der Waals surface area contributed by atoms with Gasteiger partial charge in [-0.25, -0.2) is 8.42 Å². The van der Waals surface area contributed by atoms with E-state index in [1.54, 1.807) is 24.3 Å². The molecule has 3 rings (SSSR count). The first-order chi connectivity index (χ1) is 14.4. The molecule has 1 aliphatic heterocycles. The van der Waals surface area contributed by atoms with Gasteiger partial charge in [-0.05, 0) is 24.3 Å². The normalized spacial score (nSPS) is 14.8. The first-order valence-electron chi connectivity index (χ1n) is 9.02. The number of nitrogens with zero attached hydrogens (tertiary/aromatic N) is 1. The number of anilines is 1. The average Bonchev–Trinajstić information content (AvgIpc) is 2.77. The van der Waals surface area contributed by atoms with E-state index in [1.807, 2.05) is 0 Å². The van der Waals surface area contributed by atoms with Crippen molar-refractivity contribution in [2.45, 2.75) is 4.90 Å². The Morgan fingerprint density at radius 1 is 1.13 bits per heavy atom. The molecular weight excluding hydrogens is 434 g/mol. The van der Waals surface area contributed by atoms with Crippen LogP contribution in [0.5, 0.6) is 11.5 Å². The topological polar surface area (TPSA) is 106 Å². The number of carbonyl (C=O) groups excluding carboxylic acids is 1. The summed E-state index contributed by atoms with van der Waals surface area (Å²) < 4.78 is 43.2. The number of rotatable bonds is 7. The van der Waals surface area contributed by atoms with Gasteiger partial charge in [0, 0.05) is 24.2 Å². The third kappa shape index (κ3) is 4.78. The number of morpholine rings is 1. The minimum absolute atomic E-state index is 0.00166. The minimum atomic E-state index is -3.85. The number of ether oxygens (including phenoxy) is 3. The van der Waals surface area contributed by atoms with Gasteiger partial charge in [0.05, 0.1) is 43.6 Å². The fourth-order valence-corrected chi connectivity index (χ4v) is 4.60. The molecule has 2 aromatic rings. The van der Waals surface area contributed by atoms with E-state index >= 15 is 0 Å². The first kappa shape index (κ1) is 22.2. The third-order valence-corrected chi connectivity index (χ3v) is 6.56. The summed E-state index contributed by atoms with van der Waals surface area (Å²) in [5, 5.41) is 0.493. The van der Waals surface area contributed by atoms with Crippen LogP contribution in [0.15, 0.2) is 41.3 Å². The second-order valence-corrected chi connectivity index (χ2v) is 8.69. The largest absolute Gasteiger partial charge is 0.493 e. The second kappa shape index (κ2) is 9.52. The van der Waals surface area contributed by atoms with Crippen LogP contribution in [0.3, 0.4) is 0 Å². The maximum Gasteiger partial charge on any atom is 0.273 e. The molecule has 0 saturated carbocycles. The van der Waals surface area contributed by atoms with Crippen molar-refractivity contribution in [1.82, 2.24) is 9.73 Å². The van der Waals surface area contributed by atoms with Crippen molar-refractivity contribution in [3.05, 3.63) is 47.0 Å². The highest BCUT2D eigenvalue weighted by Crippen LogP contribution is 2.35. The van der Waals surface area contributed by atoms with Gasteiger partial charge < -0.3 is 14.2 Å². The van der Waals surface area contributed by atoms with Crippen LogP contribution in [0.4, 0.5) is 5.69 Å². The smallest absolute Gasteiger partial charge is 0.273 e. The summed E-state index contributed by atoms with van der Waals surface area (Å²) in [4.78, 5) is 12.8. The molecule has 30 heavy (non-hydrogen) atoms. The molecule has 0 atom stereocenters. The lowest BCUT2D eigenvalue weighted by molar-refractivity contribution is 0.0730. The molecule has 0 aromatic heterocycles. The average molecular weight is 456 g/mol. The van der Waals surface area contributed by atoms with Crippen LogP contribution in [0.25, 0.3) is 0 Å². The molecule has 1 heterocycles. The molecule has 11 heteroatoms. The molecule has 162 valence electrons. The van der Waals surface area contributed by atoms with Crippen molar-refractivity contribution in [1.29, 1.82) is 0 Å². The van der Waals surface area contributed by atoms with Crippen molar-refractivity contribution < 1.29 is 27.4 Å². The molecule has 9 nitrogen and oxygen atoms in total. The van der Waals surface area contributed by atoms with Crippen LogP contribution in [0.2, 0.25) is 5.02 Å². The van der Waals surface area contributed by atoms with Gasteiger partial charge in [0.2, 0.25) is 10.0 Å². The lowest BCUT2D eigenvalue weighted by Crippen LogP contribution is -2.40. The lowest BCUT2D eigenvalue weighted by Gasteiger charge is -2.26. The zero-order chi connectivity index (χ0) is 21.7. The van der Waals surface area contributed by atoms with Gasteiger partial charge in [0.25, 0.3) is 5.91 Å². The van der Waals surface area contributed by atoms with E-state index in [0.29, 0.717) is 23.9 Å². The minimum Gasteiger partial charge on any atom is -0.493 e. The van der Waals surface area contributed by atoms with Gasteiger partial charge in [-0.1, -0.05) is 17.7 Å². The highest BCUT2D eigenvalue weighted by atomic mass is 35.5. The number of amides is 1. The number of nitrogens with one attached hydrogen (secondary N) is 2. The number of methoxy groups -OCH3 is 2. The fourth-order valence-electron chi connectivity index (χ4n) is 2.96. The first-order valence-corrected chi connectivity index (χ1v) is 10.8. The van der Waals surface area contributed by atoms with Crippen LogP contribution in [0, 0.1) is 0 Å². The van der Waals surface area contributed by atoms with Crippen LogP contribution in [-0.2, 0) is 14.8 Å². The number of hydrogen-bond donors (Lipinski definition) is 2. The van der Waals surface area contributed by atoms with Gasteiger partial charge in [-0.15, -0.1) is 0 Å². The molecule has 2 aromatic carbocycles. The number of benzene rings is 2. The van der Waals surface area contributed by atoms with Crippen LogP contribution >= 0.6 is 11.6 Å². The zero-order valence-corrected chi connectivity index (χ0v) is 18.0. The molecule has 0 aliphatic carbocycles. The summed E-state index contributed by atoms with van der Waals surface area (Å²) in [6, 6.07) is 9.35. The summed E-state index contributed by atoms with van der Waals surface area (Å²) in [6.45, 7) is 1.08. The Balaban J connectivity index is 1.93. The highest BCUT2D eigenvalue weighted by molar-refractivity contribution is 7.89. The Morgan fingerprint density at radius 2 is 1.87 bits per heavy atom. The standard InChI is InChI=1S/C19H22ClN3O6S/c1-27-17-12-15(30(25,26)23-6-8-29-9-7-23)11-16(18(17)28-2)19(24)22-21-14-5-3-4-13(20)10-14/h3-5,10-12,21H,6-9H2,1-2H3,(H,22,24). The Kier molecular flexibility index (Phi) is 7.03. The highest BCUT2D eigenvalue weighted by Gasteiger charge is 2.30. The van der Waals surface area contributed by atoms with Crippen molar-refractivity contribution in [3.8, 4) is 11.5 Å². The Bertz CT molecular complexity index is 1020. The van der Waals surface area contributed by atoms with Gasteiger partial charge >= 0.3 is 0 Å². The van der Waals surface area contributed by atoms with Crippen molar-refractivity contribution in [2.24, 2.45) is 0 Å². The Labute approximate surface area is 179 Å². The molecule has 1 saturated heterocycles. The predicted octanol–water partition coefficient (Wildman–Crippen LogP) is 2.13. The van der Waals surface area contributed by atoms with Crippen molar-refractivity contribution in [2.75, 3.05) is 45.9 Å². The third-order valence-electron chi connectivity index (χ3n) is 4.45. The Hall–Kier alpha value is -2.53. The quantitative estimate of drug-likeness (QED) is 0.616. The van der Waals surface area contributed by atoms with E-state index in [1.165, 1.54) is 30.7 Å². The zero-order valence-electron chi connectivity index (χ0n) is 16.5. The molecule has 1 fully saturated rings. The van der Waals surface area contributed by atoms with E-state index in [-0.39, 0.29) is 35.0 Å². The van der Waals surface area contributed by atoms with Gasteiger partial charge in [-0.2, -0.15) is 4.31 Å². The second-order valence-electron chi connectivity index (χ2n) is 6.31. The predicted molar refractivity (Wildman–Crippen MR) is 112 cm³/mol. The van der Waals surface area contributed by atoms with Gasteiger partial charge in [-0.3, -0.25) is 15.6 Å². The van der Waals surface area contributed by atoms with Crippen LogP contribution in [-0.4, -0.2) is 59.2 Å². The molecule has 0 spiro atoms. The number of sulfonamides is 1. The number of hydrazine groups is 1. The monoisotopic (exact) mass is 455 g/mol. The van der Waals surface area contributed by atoms with E-state index in [4.69, 9.17) is 25.8 Å². The SMILES string of the molecule is COc1cc(S(=O)(=O)N2CCOCC2)cc(C(=O)NNc2cccc(Cl)c2)c1OC.